The Hall–Kier alpha value is -0.173. The van der Waals surface area contributed by atoms with E-state index in [0.29, 0.717) is 6.61 Å². The summed E-state index contributed by atoms with van der Waals surface area (Å²) in [5.41, 5.74) is 0. The van der Waals surface area contributed by atoms with Crippen LogP contribution in [0.4, 0.5) is 0 Å². The van der Waals surface area contributed by atoms with Gasteiger partial charge in [-0.1, -0.05) is 0 Å². The van der Waals surface area contributed by atoms with E-state index in [9.17, 15) is 5.11 Å². The Labute approximate surface area is 180 Å². The molecule has 0 unspecified atom stereocenters. The second kappa shape index (κ2) is 11.3. The molecule has 0 atom stereocenters. The average Bonchev–Trinajstić information content (AvgIpc) is 2.63. The number of unbranched alkanes of at least 4 members (excludes halogenated alkanes) is 5. The van der Waals surface area contributed by atoms with E-state index < -0.39 is 14.1 Å². The molecule has 1 aromatic rings. The first-order chi connectivity index (χ1) is 13.0. The van der Waals surface area contributed by atoms with Crippen molar-refractivity contribution in [3.63, 3.8) is 0 Å². The van der Waals surface area contributed by atoms with Crippen molar-refractivity contribution < 1.29 is 23.1 Å². The summed E-state index contributed by atoms with van der Waals surface area (Å²) in [6, 6.07) is 6.26. The van der Waals surface area contributed by atoms with Crippen molar-refractivity contribution >= 4 is 34.9 Å². The van der Waals surface area contributed by atoms with E-state index in [0.717, 1.165) is 42.8 Å². The van der Waals surface area contributed by atoms with Crippen LogP contribution in [0, 0.1) is 0 Å². The summed E-state index contributed by atoms with van der Waals surface area (Å²) in [4.78, 5) is 0. The molecule has 1 N–H and O–H groups in total. The van der Waals surface area contributed by atoms with Crippen LogP contribution in [0.1, 0.15) is 38.5 Å². The summed E-state index contributed by atoms with van der Waals surface area (Å²) in [6.07, 6.45) is 6.80. The van der Waals surface area contributed by atoms with E-state index >= 15 is 0 Å². The first kappa shape index (κ1) is 25.9. The van der Waals surface area contributed by atoms with Crippen molar-refractivity contribution in [3.8, 4) is 11.5 Å². The number of halogens is 1. The Bertz CT molecular complexity index is 584. The second-order valence-electron chi connectivity index (χ2n) is 8.27. The maximum Gasteiger partial charge on any atom is 0.0272 e. The molecule has 0 radical (unpaired) electrons. The third-order valence-corrected chi connectivity index (χ3v) is 10.8. The number of hydrogen-bond acceptors (Lipinski definition) is 5. The topological polar surface area (TPSA) is 57.2 Å². The maximum absolute atomic E-state index is 9.85. The fourth-order valence-corrected chi connectivity index (χ4v) is 7.19. The van der Waals surface area contributed by atoms with Gasteiger partial charge in [-0.15, -0.1) is 0 Å². The number of phenolic OH excluding ortho intramolecular Hbond substituents is 1. The molecule has 0 aliphatic heterocycles. The van der Waals surface area contributed by atoms with Crippen molar-refractivity contribution in [2.75, 3.05) is 47.9 Å². The van der Waals surface area contributed by atoms with Gasteiger partial charge in [-0.2, -0.15) is 0 Å². The Kier molecular flexibility index (Phi) is 10.4. The molecule has 28 heavy (non-hydrogen) atoms. The van der Waals surface area contributed by atoms with Crippen LogP contribution < -0.4 is 10.0 Å². The molecule has 5 nitrogen and oxygen atoms in total. The number of ether oxygens (including phenoxy) is 1. The van der Waals surface area contributed by atoms with Gasteiger partial charge < -0.3 is 13.3 Å². The first-order valence-corrected chi connectivity index (χ1v) is 17.4. The summed E-state index contributed by atoms with van der Waals surface area (Å²) in [5.74, 6) is 1.16. The van der Waals surface area contributed by atoms with E-state index in [-0.39, 0.29) is 5.75 Å². The third-order valence-electron chi connectivity index (χ3n) is 4.82. The van der Waals surface area contributed by atoms with Crippen molar-refractivity contribution in [2.24, 2.45) is 0 Å². The Balaban J connectivity index is 2.29. The molecule has 0 spiro atoms. The maximum atomic E-state index is 9.85. The van der Waals surface area contributed by atoms with E-state index in [2.05, 4.69) is 35.5 Å². The number of benzene rings is 1. The molecule has 0 heterocycles. The van der Waals surface area contributed by atoms with E-state index in [1.165, 1.54) is 12.8 Å². The van der Waals surface area contributed by atoms with E-state index in [4.69, 9.17) is 18.0 Å². The van der Waals surface area contributed by atoms with Gasteiger partial charge >= 0.3 is 146 Å². The summed E-state index contributed by atoms with van der Waals surface area (Å²) in [5, 5.41) is 8.73. The summed E-state index contributed by atoms with van der Waals surface area (Å²) in [6.45, 7) is 7.29. The minimum atomic E-state index is -2.41. The molecular weight excluding hydrogens is 459 g/mol. The molecule has 0 saturated carbocycles. The summed E-state index contributed by atoms with van der Waals surface area (Å²) in [7, 11) is 2.59. The first-order valence-electron chi connectivity index (χ1n) is 9.88. The minimum absolute atomic E-state index is 0.281. The molecule has 0 amide bonds. The molecule has 0 saturated heterocycles. The fourth-order valence-electron chi connectivity index (χ4n) is 3.11. The number of hydrogen-bond donors (Lipinski definition) is 1. The number of phenols is 1. The van der Waals surface area contributed by atoms with Crippen molar-refractivity contribution in [3.05, 3.63) is 18.2 Å². The van der Waals surface area contributed by atoms with Crippen LogP contribution in [0.25, 0.3) is 0 Å². The number of aromatic hydroxyl groups is 1. The minimum Gasteiger partial charge on any atom is -0.377 e. The number of rotatable bonds is 14. The van der Waals surface area contributed by atoms with Crippen LogP contribution in [0.2, 0.25) is 6.04 Å². The summed E-state index contributed by atoms with van der Waals surface area (Å²) >= 11 is 3.88. The van der Waals surface area contributed by atoms with Crippen LogP contribution in [0.3, 0.4) is 0 Å². The van der Waals surface area contributed by atoms with Gasteiger partial charge in [0, 0.05) is 21.3 Å². The molecule has 0 aliphatic rings. The zero-order chi connectivity index (χ0) is 21.3. The van der Waals surface area contributed by atoms with Crippen molar-refractivity contribution in [1.82, 2.24) is 0 Å². The Morgan fingerprint density at radius 3 is 1.96 bits per heavy atom. The zero-order valence-electron chi connectivity index (χ0n) is 18.3. The van der Waals surface area contributed by atoms with E-state index in [1.54, 1.807) is 27.4 Å². The summed E-state index contributed by atoms with van der Waals surface area (Å²) < 4.78 is 22.4. The van der Waals surface area contributed by atoms with Crippen LogP contribution in [-0.2, 0) is 13.3 Å². The standard InChI is InChI=1S/C20H38BrO5PSi/c1-23-28(24-2,25-3)16-12-10-8-7-9-11-15-26-19-14-13-18(22)17-20(19)27(4,5,6)21/h13-14,17,22H,7-12,15-16H2,1-6H3. The second-order valence-corrected chi connectivity index (χ2v) is 24.5. The molecular formula is C20H38BrO5PSi. The fraction of sp³-hybridized carbons (Fsp3) is 0.700. The smallest absolute Gasteiger partial charge is 0.0272 e. The van der Waals surface area contributed by atoms with Gasteiger partial charge in [0.1, 0.15) is 0 Å². The van der Waals surface area contributed by atoms with Gasteiger partial charge in [0.15, 0.2) is 0 Å². The van der Waals surface area contributed by atoms with Gasteiger partial charge in [-0.3, -0.25) is 0 Å². The van der Waals surface area contributed by atoms with Crippen LogP contribution in [0.5, 0.6) is 11.5 Å². The molecule has 1 aromatic carbocycles. The quantitative estimate of drug-likeness (QED) is 0.213. The van der Waals surface area contributed by atoms with Crippen molar-refractivity contribution in [2.45, 2.75) is 44.6 Å². The van der Waals surface area contributed by atoms with Gasteiger partial charge in [-0.05, 0) is 0 Å². The SMILES string of the molecule is CO[Si](CCCCCCCCOc1ccc(O)cc1P(C)(C)(C)Br)(OC)OC. The van der Waals surface area contributed by atoms with Gasteiger partial charge in [0.2, 0.25) is 0 Å². The normalized spacial score (nSPS) is 13.9. The third kappa shape index (κ3) is 8.68. The molecule has 0 aromatic heterocycles. The Morgan fingerprint density at radius 2 is 1.43 bits per heavy atom. The largest absolute Gasteiger partial charge is 0.377 e. The predicted molar refractivity (Wildman–Crippen MR) is 126 cm³/mol. The molecule has 0 aliphatic carbocycles. The van der Waals surface area contributed by atoms with Crippen LogP contribution in [0.15, 0.2) is 18.2 Å². The zero-order valence-corrected chi connectivity index (χ0v) is 21.8. The molecule has 0 fully saturated rings. The Morgan fingerprint density at radius 1 is 0.893 bits per heavy atom. The molecule has 164 valence electrons. The average molecular weight is 497 g/mol. The van der Waals surface area contributed by atoms with Gasteiger partial charge in [0.25, 0.3) is 0 Å². The molecule has 1 rings (SSSR count). The predicted octanol–water partition coefficient (Wildman–Crippen LogP) is 5.37. The van der Waals surface area contributed by atoms with Crippen molar-refractivity contribution in [1.29, 1.82) is 0 Å². The monoisotopic (exact) mass is 496 g/mol. The van der Waals surface area contributed by atoms with Gasteiger partial charge in [-0.25, -0.2) is 0 Å². The van der Waals surface area contributed by atoms with Crippen LogP contribution >= 0.6 is 20.8 Å². The molecule has 8 heteroatoms. The van der Waals surface area contributed by atoms with E-state index in [1.807, 2.05) is 12.1 Å². The van der Waals surface area contributed by atoms with Gasteiger partial charge in [0.05, 0.1) is 0 Å². The van der Waals surface area contributed by atoms with Crippen LogP contribution in [-0.4, -0.2) is 61.8 Å². The molecule has 0 bridgehead atoms.